The van der Waals surface area contributed by atoms with Gasteiger partial charge in [-0.05, 0) is 55.5 Å². The number of carbonyl (C=O) groups excluding carboxylic acids is 2. The highest BCUT2D eigenvalue weighted by molar-refractivity contribution is 5.95. The van der Waals surface area contributed by atoms with Crippen LogP contribution in [0.5, 0.6) is 11.5 Å². The van der Waals surface area contributed by atoms with E-state index in [2.05, 4.69) is 17.6 Å². The Labute approximate surface area is 195 Å². The predicted octanol–water partition coefficient (Wildman–Crippen LogP) is 4.94. The fourth-order valence-corrected chi connectivity index (χ4v) is 3.79. The third-order valence-electron chi connectivity index (χ3n) is 5.58. The van der Waals surface area contributed by atoms with Crippen LogP contribution in [0.4, 0.5) is 4.79 Å². The van der Waals surface area contributed by atoms with E-state index in [1.807, 2.05) is 56.3 Å². The van der Waals surface area contributed by atoms with E-state index in [0.29, 0.717) is 48.0 Å². The summed E-state index contributed by atoms with van der Waals surface area (Å²) in [7, 11) is 1.34. The molecule has 2 amide bonds. The number of urea groups is 1. The number of methoxy groups -OCH3 is 1. The lowest BCUT2D eigenvalue weighted by atomic mass is 9.93. The molecule has 1 aliphatic rings. The van der Waals surface area contributed by atoms with Gasteiger partial charge < -0.3 is 24.8 Å². The lowest BCUT2D eigenvalue weighted by molar-refractivity contribution is -0.136. The Bertz CT molecular complexity index is 1030. The summed E-state index contributed by atoms with van der Waals surface area (Å²) in [6.07, 6.45) is 2.37. The summed E-state index contributed by atoms with van der Waals surface area (Å²) in [5, 5.41) is 5.64. The normalized spacial score (nSPS) is 15.5. The Balaban J connectivity index is 1.94. The molecule has 2 N–H and O–H groups in total. The quantitative estimate of drug-likeness (QED) is 0.499. The predicted molar refractivity (Wildman–Crippen MR) is 126 cm³/mol. The number of nitrogens with one attached hydrogen (secondary N) is 2. The number of aryl methyl sites for hydroxylation is 1. The van der Waals surface area contributed by atoms with E-state index in [1.165, 1.54) is 7.11 Å². The molecule has 0 saturated heterocycles. The second-order valence-corrected chi connectivity index (χ2v) is 7.87. The van der Waals surface area contributed by atoms with Gasteiger partial charge in [-0.3, -0.25) is 0 Å². The zero-order valence-electron chi connectivity index (χ0n) is 19.7. The van der Waals surface area contributed by atoms with Gasteiger partial charge in [0.25, 0.3) is 0 Å². The SMILES string of the molecule is CCCCC1=C(C(=O)OC)C(c2ccc(OCc3ccccc3C)c(OCC)c2)NC(=O)N1. The Morgan fingerprint density at radius 2 is 1.85 bits per heavy atom. The van der Waals surface area contributed by atoms with Crippen LogP contribution in [-0.2, 0) is 16.1 Å². The van der Waals surface area contributed by atoms with Crippen molar-refractivity contribution in [1.82, 2.24) is 10.6 Å². The van der Waals surface area contributed by atoms with Gasteiger partial charge in [-0.15, -0.1) is 0 Å². The van der Waals surface area contributed by atoms with Crippen molar-refractivity contribution in [2.45, 2.75) is 52.7 Å². The first-order valence-electron chi connectivity index (χ1n) is 11.3. The van der Waals surface area contributed by atoms with E-state index < -0.39 is 12.0 Å². The minimum Gasteiger partial charge on any atom is -0.490 e. The summed E-state index contributed by atoms with van der Waals surface area (Å²) in [4.78, 5) is 25.1. The van der Waals surface area contributed by atoms with Crippen molar-refractivity contribution in [3.63, 3.8) is 0 Å². The number of carbonyl (C=O) groups is 2. The highest BCUT2D eigenvalue weighted by atomic mass is 16.5. The number of allylic oxidation sites excluding steroid dienone is 1. The molecule has 0 fully saturated rings. The number of benzene rings is 2. The van der Waals surface area contributed by atoms with Gasteiger partial charge in [-0.2, -0.15) is 0 Å². The van der Waals surface area contributed by atoms with Crippen LogP contribution >= 0.6 is 0 Å². The number of esters is 1. The van der Waals surface area contributed by atoms with Gasteiger partial charge in [-0.25, -0.2) is 9.59 Å². The summed E-state index contributed by atoms with van der Waals surface area (Å²) in [5.41, 5.74) is 3.95. The van der Waals surface area contributed by atoms with Crippen LogP contribution in [-0.4, -0.2) is 25.7 Å². The maximum absolute atomic E-state index is 12.7. The lowest BCUT2D eigenvalue weighted by Crippen LogP contribution is -2.45. The topological polar surface area (TPSA) is 85.9 Å². The van der Waals surface area contributed by atoms with E-state index in [9.17, 15) is 9.59 Å². The number of hydrogen-bond acceptors (Lipinski definition) is 5. The van der Waals surface area contributed by atoms with E-state index >= 15 is 0 Å². The third-order valence-corrected chi connectivity index (χ3v) is 5.58. The molecule has 0 radical (unpaired) electrons. The molecule has 7 nitrogen and oxygen atoms in total. The van der Waals surface area contributed by atoms with Crippen molar-refractivity contribution in [3.8, 4) is 11.5 Å². The van der Waals surface area contributed by atoms with Gasteiger partial charge in [-0.1, -0.05) is 43.7 Å². The first kappa shape index (κ1) is 24.2. The minimum absolute atomic E-state index is 0.350. The Morgan fingerprint density at radius 3 is 2.55 bits per heavy atom. The zero-order chi connectivity index (χ0) is 23.8. The third kappa shape index (κ3) is 5.86. The smallest absolute Gasteiger partial charge is 0.337 e. The molecule has 2 aromatic rings. The lowest BCUT2D eigenvalue weighted by Gasteiger charge is -2.29. The van der Waals surface area contributed by atoms with Crippen LogP contribution in [0.2, 0.25) is 0 Å². The van der Waals surface area contributed by atoms with E-state index in [0.717, 1.165) is 24.0 Å². The number of rotatable bonds is 10. The summed E-state index contributed by atoms with van der Waals surface area (Å²) in [6, 6.07) is 12.5. The average molecular weight is 453 g/mol. The molecule has 0 spiro atoms. The van der Waals surface area contributed by atoms with Gasteiger partial charge >= 0.3 is 12.0 Å². The van der Waals surface area contributed by atoms with Crippen LogP contribution in [0, 0.1) is 6.92 Å². The molecule has 1 unspecified atom stereocenters. The summed E-state index contributed by atoms with van der Waals surface area (Å²) < 4.78 is 16.9. The highest BCUT2D eigenvalue weighted by Crippen LogP contribution is 2.36. The zero-order valence-corrected chi connectivity index (χ0v) is 19.7. The van der Waals surface area contributed by atoms with Gasteiger partial charge in [0.15, 0.2) is 11.5 Å². The second kappa shape index (κ2) is 11.4. The number of amides is 2. The van der Waals surface area contributed by atoms with E-state index in [-0.39, 0.29) is 6.03 Å². The van der Waals surface area contributed by atoms with Gasteiger partial charge in [0.1, 0.15) is 6.61 Å². The van der Waals surface area contributed by atoms with Crippen molar-refractivity contribution >= 4 is 12.0 Å². The number of unbranched alkanes of at least 4 members (excludes halogenated alkanes) is 1. The summed E-state index contributed by atoms with van der Waals surface area (Å²) >= 11 is 0. The van der Waals surface area contributed by atoms with E-state index in [4.69, 9.17) is 14.2 Å². The number of hydrogen-bond donors (Lipinski definition) is 2. The summed E-state index contributed by atoms with van der Waals surface area (Å²) in [6.45, 7) is 6.85. The van der Waals surface area contributed by atoms with Crippen LogP contribution in [0.3, 0.4) is 0 Å². The molecular formula is C26H32N2O5. The van der Waals surface area contributed by atoms with Crippen LogP contribution < -0.4 is 20.1 Å². The monoisotopic (exact) mass is 452 g/mol. The molecule has 0 bridgehead atoms. The van der Waals surface area contributed by atoms with Crippen LogP contribution in [0.25, 0.3) is 0 Å². The van der Waals surface area contributed by atoms with Crippen molar-refractivity contribution in [2.75, 3.05) is 13.7 Å². The number of ether oxygens (including phenoxy) is 3. The molecule has 1 atom stereocenters. The molecule has 0 aliphatic carbocycles. The molecular weight excluding hydrogens is 420 g/mol. The standard InChI is InChI=1S/C26H32N2O5/c1-5-7-12-20-23(25(29)31-4)24(28-26(30)27-20)18-13-14-21(22(15-18)32-6-2)33-16-19-11-9-8-10-17(19)3/h8-11,13-15,24H,5-7,12,16H2,1-4H3,(H2,27,28,30). The molecule has 0 saturated carbocycles. The maximum atomic E-state index is 12.7. The molecule has 1 aliphatic heterocycles. The molecule has 2 aromatic carbocycles. The molecule has 33 heavy (non-hydrogen) atoms. The molecule has 3 rings (SSSR count). The first-order valence-corrected chi connectivity index (χ1v) is 11.3. The van der Waals surface area contributed by atoms with Crippen molar-refractivity contribution in [3.05, 3.63) is 70.4 Å². The fourth-order valence-electron chi connectivity index (χ4n) is 3.79. The second-order valence-electron chi connectivity index (χ2n) is 7.87. The van der Waals surface area contributed by atoms with Gasteiger partial charge in [0.05, 0.1) is 25.3 Å². The highest BCUT2D eigenvalue weighted by Gasteiger charge is 2.33. The first-order chi connectivity index (χ1) is 16.0. The van der Waals surface area contributed by atoms with E-state index in [1.54, 1.807) is 0 Å². The van der Waals surface area contributed by atoms with Crippen molar-refractivity contribution in [1.29, 1.82) is 0 Å². The summed E-state index contributed by atoms with van der Waals surface area (Å²) in [5.74, 6) is 0.672. The van der Waals surface area contributed by atoms with Gasteiger partial charge in [0.2, 0.25) is 0 Å². The largest absolute Gasteiger partial charge is 0.490 e. The molecule has 7 heteroatoms. The van der Waals surface area contributed by atoms with Crippen molar-refractivity contribution < 1.29 is 23.8 Å². The maximum Gasteiger partial charge on any atom is 0.337 e. The fraction of sp³-hybridized carbons (Fsp3) is 0.385. The Kier molecular flexibility index (Phi) is 8.35. The van der Waals surface area contributed by atoms with Crippen LogP contribution in [0.15, 0.2) is 53.7 Å². The Morgan fingerprint density at radius 1 is 1.06 bits per heavy atom. The molecule has 0 aromatic heterocycles. The van der Waals surface area contributed by atoms with Crippen molar-refractivity contribution in [2.24, 2.45) is 0 Å². The Hall–Kier alpha value is -3.48. The molecule has 176 valence electrons. The molecule has 1 heterocycles. The van der Waals surface area contributed by atoms with Gasteiger partial charge in [0, 0.05) is 5.70 Å². The minimum atomic E-state index is -0.650. The average Bonchev–Trinajstić information content (AvgIpc) is 2.82. The van der Waals surface area contributed by atoms with Crippen LogP contribution in [0.1, 0.15) is 55.8 Å².